The average Bonchev–Trinajstić information content (AvgIpc) is 2.54. The lowest BCUT2D eigenvalue weighted by molar-refractivity contribution is 0.320. The minimum atomic E-state index is 0.0833. The van der Waals surface area contributed by atoms with E-state index in [9.17, 15) is 0 Å². The summed E-state index contributed by atoms with van der Waals surface area (Å²) in [5, 5.41) is 4.91. The number of hydrogen-bond acceptors (Lipinski definition) is 1. The zero-order chi connectivity index (χ0) is 12.8. The Morgan fingerprint density at radius 3 is 2.06 bits per heavy atom. The number of hydrogen-bond donors (Lipinski definition) is 0. The van der Waals surface area contributed by atoms with Crippen molar-refractivity contribution in [1.29, 1.82) is 0 Å². The molecule has 2 heteroatoms. The van der Waals surface area contributed by atoms with Gasteiger partial charge in [-0.15, -0.1) is 0 Å². The first kappa shape index (κ1) is 12.7. The van der Waals surface area contributed by atoms with E-state index in [0.29, 0.717) is 0 Å². The maximum atomic E-state index is 4.91. The normalized spacial score (nSPS) is 17.1. The Kier molecular flexibility index (Phi) is 2.87. The number of aromatic nitrogens is 2. The number of fused-ring (bicyclic) bond motifs is 1. The molecule has 1 aliphatic carbocycles. The van der Waals surface area contributed by atoms with Crippen LogP contribution in [-0.2, 0) is 23.8 Å². The highest BCUT2D eigenvalue weighted by Gasteiger charge is 2.32. The largest absolute Gasteiger partial charge is 0.263 e. The van der Waals surface area contributed by atoms with Crippen LogP contribution in [0.15, 0.2) is 0 Å². The topological polar surface area (TPSA) is 17.8 Å². The minimum Gasteiger partial charge on any atom is -0.263 e. The van der Waals surface area contributed by atoms with E-state index in [-0.39, 0.29) is 11.0 Å². The molecule has 96 valence electrons. The lowest BCUT2D eigenvalue weighted by atomic mass is 9.84. The van der Waals surface area contributed by atoms with Crippen LogP contribution >= 0.6 is 0 Å². The van der Waals surface area contributed by atoms with E-state index in [1.54, 1.807) is 5.56 Å². The third-order valence-corrected chi connectivity index (χ3v) is 3.50. The fourth-order valence-corrected chi connectivity index (χ4v) is 2.81. The van der Waals surface area contributed by atoms with E-state index in [1.807, 2.05) is 0 Å². The van der Waals surface area contributed by atoms with Gasteiger partial charge in [-0.2, -0.15) is 5.10 Å². The predicted molar refractivity (Wildman–Crippen MR) is 72.6 cm³/mol. The lowest BCUT2D eigenvalue weighted by Crippen LogP contribution is -2.30. The van der Waals surface area contributed by atoms with E-state index in [0.717, 1.165) is 0 Å². The zero-order valence-corrected chi connectivity index (χ0v) is 12.2. The number of rotatable bonds is 0. The molecule has 1 aliphatic rings. The van der Waals surface area contributed by atoms with Crippen LogP contribution in [0.4, 0.5) is 0 Å². The maximum Gasteiger partial charge on any atom is 0.0659 e. The van der Waals surface area contributed by atoms with Crippen molar-refractivity contribution < 1.29 is 0 Å². The Balaban J connectivity index is 2.64. The highest BCUT2D eigenvalue weighted by Crippen LogP contribution is 2.35. The summed E-state index contributed by atoms with van der Waals surface area (Å²) in [6.45, 7) is 13.7. The summed E-state index contributed by atoms with van der Waals surface area (Å²) < 4.78 is 2.28. The SMILES string of the molecule is CC(C)(C)c1c2c(nn1C(C)(C)C)CCCC2. The number of aryl methyl sites for hydroxylation is 1. The maximum absolute atomic E-state index is 4.91. The molecule has 2 rings (SSSR count). The molecule has 0 spiro atoms. The monoisotopic (exact) mass is 234 g/mol. The fourth-order valence-electron chi connectivity index (χ4n) is 2.81. The van der Waals surface area contributed by atoms with Crippen LogP contribution in [0.25, 0.3) is 0 Å². The second kappa shape index (κ2) is 3.86. The zero-order valence-electron chi connectivity index (χ0n) is 12.2. The van der Waals surface area contributed by atoms with Crippen LogP contribution in [0.2, 0.25) is 0 Å². The summed E-state index contributed by atoms with van der Waals surface area (Å²) in [7, 11) is 0. The predicted octanol–water partition coefficient (Wildman–Crippen LogP) is 3.81. The van der Waals surface area contributed by atoms with E-state index in [2.05, 4.69) is 46.2 Å². The molecule has 17 heavy (non-hydrogen) atoms. The third kappa shape index (κ3) is 2.27. The van der Waals surface area contributed by atoms with E-state index in [1.165, 1.54) is 37.1 Å². The van der Waals surface area contributed by atoms with Crippen molar-refractivity contribution in [3.63, 3.8) is 0 Å². The van der Waals surface area contributed by atoms with Gasteiger partial charge in [0.1, 0.15) is 0 Å². The molecule has 0 amide bonds. The van der Waals surface area contributed by atoms with Crippen molar-refractivity contribution >= 4 is 0 Å². The molecule has 0 unspecified atom stereocenters. The summed E-state index contributed by atoms with van der Waals surface area (Å²) in [6.07, 6.45) is 5.02. The molecule has 0 bridgehead atoms. The highest BCUT2D eigenvalue weighted by atomic mass is 15.3. The standard InChI is InChI=1S/C15H26N2/c1-14(2,3)13-11-9-7-8-10-12(11)16-17(13)15(4,5)6/h7-10H2,1-6H3. The smallest absolute Gasteiger partial charge is 0.0659 e. The Hall–Kier alpha value is -0.790. The van der Waals surface area contributed by atoms with Crippen molar-refractivity contribution in [1.82, 2.24) is 9.78 Å². The van der Waals surface area contributed by atoms with Gasteiger partial charge in [0, 0.05) is 11.1 Å². The van der Waals surface area contributed by atoms with Crippen molar-refractivity contribution in [2.24, 2.45) is 0 Å². The molecule has 0 atom stereocenters. The molecule has 0 fully saturated rings. The molecular weight excluding hydrogens is 208 g/mol. The van der Waals surface area contributed by atoms with Gasteiger partial charge in [-0.05, 0) is 52.0 Å². The van der Waals surface area contributed by atoms with Crippen LogP contribution in [0.5, 0.6) is 0 Å². The van der Waals surface area contributed by atoms with Crippen LogP contribution in [-0.4, -0.2) is 9.78 Å². The van der Waals surface area contributed by atoms with Gasteiger partial charge >= 0.3 is 0 Å². The minimum absolute atomic E-state index is 0.0833. The summed E-state index contributed by atoms with van der Waals surface area (Å²) in [5.74, 6) is 0. The summed E-state index contributed by atoms with van der Waals surface area (Å²) >= 11 is 0. The van der Waals surface area contributed by atoms with Gasteiger partial charge in [-0.25, -0.2) is 0 Å². The van der Waals surface area contributed by atoms with Crippen LogP contribution in [0, 0.1) is 0 Å². The Morgan fingerprint density at radius 2 is 1.53 bits per heavy atom. The van der Waals surface area contributed by atoms with Crippen LogP contribution < -0.4 is 0 Å². The molecule has 0 N–H and O–H groups in total. The van der Waals surface area contributed by atoms with Crippen molar-refractivity contribution in [2.75, 3.05) is 0 Å². The van der Waals surface area contributed by atoms with Crippen LogP contribution in [0.1, 0.15) is 71.3 Å². The summed E-state index contributed by atoms with van der Waals surface area (Å²) in [4.78, 5) is 0. The van der Waals surface area contributed by atoms with E-state index < -0.39 is 0 Å². The van der Waals surface area contributed by atoms with Crippen molar-refractivity contribution in [3.05, 3.63) is 17.0 Å². The molecule has 0 radical (unpaired) electrons. The van der Waals surface area contributed by atoms with Gasteiger partial charge in [0.25, 0.3) is 0 Å². The molecular formula is C15H26N2. The van der Waals surface area contributed by atoms with E-state index >= 15 is 0 Å². The molecule has 1 heterocycles. The molecule has 0 saturated carbocycles. The summed E-state index contributed by atoms with van der Waals surface area (Å²) in [6, 6.07) is 0. The van der Waals surface area contributed by atoms with Crippen LogP contribution in [0.3, 0.4) is 0 Å². The van der Waals surface area contributed by atoms with Gasteiger partial charge in [-0.1, -0.05) is 20.8 Å². The lowest BCUT2D eigenvalue weighted by Gasteiger charge is -2.29. The van der Waals surface area contributed by atoms with Crippen molar-refractivity contribution in [3.8, 4) is 0 Å². The molecule has 0 saturated heterocycles. The molecule has 0 aliphatic heterocycles. The molecule has 2 nitrogen and oxygen atoms in total. The van der Waals surface area contributed by atoms with Gasteiger partial charge in [-0.3, -0.25) is 4.68 Å². The Labute approximate surface area is 105 Å². The van der Waals surface area contributed by atoms with E-state index in [4.69, 9.17) is 5.10 Å². The number of nitrogens with zero attached hydrogens (tertiary/aromatic N) is 2. The van der Waals surface area contributed by atoms with Gasteiger partial charge < -0.3 is 0 Å². The summed E-state index contributed by atoms with van der Waals surface area (Å²) in [5.41, 5.74) is 4.62. The quantitative estimate of drug-likeness (QED) is 0.667. The van der Waals surface area contributed by atoms with Crippen molar-refractivity contribution in [2.45, 2.75) is 78.2 Å². The Morgan fingerprint density at radius 1 is 0.941 bits per heavy atom. The second-order valence-electron chi connectivity index (χ2n) is 7.31. The average molecular weight is 234 g/mol. The molecule has 0 aromatic carbocycles. The molecule has 1 aromatic rings. The Bertz CT molecular complexity index is 413. The second-order valence-corrected chi connectivity index (χ2v) is 7.31. The van der Waals surface area contributed by atoms with Gasteiger partial charge in [0.05, 0.1) is 11.2 Å². The first-order valence-corrected chi connectivity index (χ1v) is 6.83. The first-order chi connectivity index (χ1) is 7.71. The van der Waals surface area contributed by atoms with Gasteiger partial charge in [0.15, 0.2) is 0 Å². The van der Waals surface area contributed by atoms with Gasteiger partial charge in [0.2, 0.25) is 0 Å². The third-order valence-electron chi connectivity index (χ3n) is 3.50. The molecule has 1 aromatic heterocycles. The highest BCUT2D eigenvalue weighted by molar-refractivity contribution is 5.34. The first-order valence-electron chi connectivity index (χ1n) is 6.83. The fraction of sp³-hybridized carbons (Fsp3) is 0.800.